The van der Waals surface area contributed by atoms with E-state index in [0.29, 0.717) is 10.0 Å². The lowest BCUT2D eigenvalue weighted by molar-refractivity contribution is 1.36. The van der Waals surface area contributed by atoms with Crippen molar-refractivity contribution in [1.82, 2.24) is 4.98 Å². The molecule has 0 spiro atoms. The van der Waals surface area contributed by atoms with Gasteiger partial charge in [0, 0.05) is 16.1 Å². The van der Waals surface area contributed by atoms with Crippen molar-refractivity contribution in [2.24, 2.45) is 0 Å². The van der Waals surface area contributed by atoms with Crippen molar-refractivity contribution in [3.8, 4) is 11.3 Å². The molecule has 1 N–H and O–H groups in total. The van der Waals surface area contributed by atoms with Gasteiger partial charge < -0.3 is 5.32 Å². The summed E-state index contributed by atoms with van der Waals surface area (Å²) in [7, 11) is 0. The van der Waals surface area contributed by atoms with Crippen LogP contribution in [0.2, 0.25) is 10.0 Å². The molecule has 0 amide bonds. The van der Waals surface area contributed by atoms with Crippen molar-refractivity contribution >= 4 is 45.4 Å². The Labute approximate surface area is 137 Å². The second kappa shape index (κ2) is 6.06. The third-order valence-corrected chi connectivity index (χ3v) is 4.64. The monoisotopic (exact) mass is 334 g/mol. The van der Waals surface area contributed by atoms with E-state index in [2.05, 4.69) is 10.3 Å². The number of hydrogen-bond donors (Lipinski definition) is 1. The zero-order chi connectivity index (χ0) is 14.8. The van der Waals surface area contributed by atoms with Crippen LogP contribution >= 0.6 is 34.5 Å². The lowest BCUT2D eigenvalue weighted by Gasteiger charge is -2.02. The number of nitrogens with one attached hydrogen (secondary N) is 1. The molecule has 0 radical (unpaired) electrons. The van der Waals surface area contributed by atoms with Gasteiger partial charge in [0.05, 0.1) is 15.7 Å². The van der Waals surface area contributed by atoms with Gasteiger partial charge >= 0.3 is 0 Å². The Balaban J connectivity index is 1.92. The van der Waals surface area contributed by atoms with E-state index in [4.69, 9.17) is 23.2 Å². The first kappa shape index (κ1) is 14.4. The fourth-order valence-corrected chi connectivity index (χ4v) is 3.16. The van der Waals surface area contributed by atoms with Crippen LogP contribution in [0.25, 0.3) is 11.3 Å². The second-order valence-corrected chi connectivity index (χ2v) is 6.56. The van der Waals surface area contributed by atoms with Gasteiger partial charge in [-0.2, -0.15) is 0 Å². The molecular formula is C16H12Cl2N2S. The smallest absolute Gasteiger partial charge is 0.187 e. The number of para-hydroxylation sites is 1. The summed E-state index contributed by atoms with van der Waals surface area (Å²) in [6.07, 6.45) is 0. The van der Waals surface area contributed by atoms with Crippen LogP contribution < -0.4 is 5.32 Å². The van der Waals surface area contributed by atoms with Crippen molar-refractivity contribution in [2.75, 3.05) is 5.32 Å². The Morgan fingerprint density at radius 1 is 1.00 bits per heavy atom. The van der Waals surface area contributed by atoms with E-state index in [1.165, 1.54) is 0 Å². The number of halogens is 2. The molecule has 3 aromatic rings. The first-order valence-corrected chi connectivity index (χ1v) is 7.95. The predicted octanol–water partition coefficient (Wildman–Crippen LogP) is 6.17. The highest BCUT2D eigenvalue weighted by Gasteiger charge is 2.11. The molecule has 0 aliphatic carbocycles. The predicted molar refractivity (Wildman–Crippen MR) is 92.0 cm³/mol. The van der Waals surface area contributed by atoms with E-state index in [0.717, 1.165) is 27.0 Å². The zero-order valence-electron chi connectivity index (χ0n) is 11.2. The Morgan fingerprint density at radius 2 is 1.76 bits per heavy atom. The summed E-state index contributed by atoms with van der Waals surface area (Å²) in [5.41, 5.74) is 2.92. The van der Waals surface area contributed by atoms with Crippen molar-refractivity contribution < 1.29 is 0 Å². The number of thiazole rings is 1. The molecule has 106 valence electrons. The Bertz CT molecular complexity index is 769. The normalized spacial score (nSPS) is 10.6. The van der Waals surface area contributed by atoms with Crippen LogP contribution in [-0.2, 0) is 0 Å². The largest absolute Gasteiger partial charge is 0.332 e. The van der Waals surface area contributed by atoms with E-state index < -0.39 is 0 Å². The highest BCUT2D eigenvalue weighted by atomic mass is 35.5. The number of aryl methyl sites for hydroxylation is 1. The molecular weight excluding hydrogens is 323 g/mol. The van der Waals surface area contributed by atoms with Crippen LogP contribution in [0, 0.1) is 6.92 Å². The molecule has 0 unspecified atom stereocenters. The summed E-state index contributed by atoms with van der Waals surface area (Å²) in [4.78, 5) is 5.78. The maximum Gasteiger partial charge on any atom is 0.187 e. The van der Waals surface area contributed by atoms with E-state index in [9.17, 15) is 0 Å². The van der Waals surface area contributed by atoms with Crippen LogP contribution in [0.15, 0.2) is 48.5 Å². The minimum Gasteiger partial charge on any atom is -0.332 e. The quantitative estimate of drug-likeness (QED) is 0.619. The SMILES string of the molecule is Cc1sc(Nc2ccccc2)nc1-c1ccc(Cl)c(Cl)c1. The molecule has 0 aliphatic heterocycles. The summed E-state index contributed by atoms with van der Waals surface area (Å²) >= 11 is 13.7. The number of rotatable bonds is 3. The number of hydrogen-bond acceptors (Lipinski definition) is 3. The van der Waals surface area contributed by atoms with Gasteiger partial charge in [0.25, 0.3) is 0 Å². The minimum absolute atomic E-state index is 0.541. The molecule has 0 aliphatic rings. The molecule has 1 heterocycles. The molecule has 1 aromatic heterocycles. The average Bonchev–Trinajstić information content (AvgIpc) is 2.84. The summed E-state index contributed by atoms with van der Waals surface area (Å²) < 4.78 is 0. The van der Waals surface area contributed by atoms with Gasteiger partial charge in [-0.3, -0.25) is 0 Å². The standard InChI is InChI=1S/C16H12Cl2N2S/c1-10-15(11-7-8-13(17)14(18)9-11)20-16(21-10)19-12-5-3-2-4-6-12/h2-9H,1H3,(H,19,20). The number of anilines is 2. The summed E-state index contributed by atoms with van der Waals surface area (Å²) in [5, 5.41) is 5.26. The van der Waals surface area contributed by atoms with Gasteiger partial charge in [-0.25, -0.2) is 4.98 Å². The third kappa shape index (κ3) is 3.21. The summed E-state index contributed by atoms with van der Waals surface area (Å²) in [6.45, 7) is 2.05. The third-order valence-electron chi connectivity index (χ3n) is 3.01. The number of nitrogens with zero attached hydrogens (tertiary/aromatic N) is 1. The van der Waals surface area contributed by atoms with E-state index in [1.807, 2.05) is 49.4 Å². The fraction of sp³-hybridized carbons (Fsp3) is 0.0625. The first-order chi connectivity index (χ1) is 10.1. The molecule has 0 saturated heterocycles. The summed E-state index contributed by atoms with van der Waals surface area (Å²) in [5.74, 6) is 0. The molecule has 5 heteroatoms. The van der Waals surface area contributed by atoms with Crippen molar-refractivity contribution in [2.45, 2.75) is 6.92 Å². The Morgan fingerprint density at radius 3 is 2.48 bits per heavy atom. The number of benzene rings is 2. The molecule has 2 aromatic carbocycles. The van der Waals surface area contributed by atoms with Gasteiger partial charge in [-0.1, -0.05) is 47.5 Å². The topological polar surface area (TPSA) is 24.9 Å². The second-order valence-electron chi connectivity index (χ2n) is 4.54. The number of aromatic nitrogens is 1. The van der Waals surface area contributed by atoms with E-state index in [-0.39, 0.29) is 0 Å². The van der Waals surface area contributed by atoms with Crippen LogP contribution in [-0.4, -0.2) is 4.98 Å². The molecule has 0 bridgehead atoms. The van der Waals surface area contributed by atoms with Gasteiger partial charge in [0.15, 0.2) is 5.13 Å². The Kier molecular flexibility index (Phi) is 4.15. The molecule has 0 fully saturated rings. The van der Waals surface area contributed by atoms with E-state index in [1.54, 1.807) is 17.4 Å². The van der Waals surface area contributed by atoms with E-state index >= 15 is 0 Å². The van der Waals surface area contributed by atoms with Gasteiger partial charge in [-0.05, 0) is 31.2 Å². The van der Waals surface area contributed by atoms with Gasteiger partial charge in [-0.15, -0.1) is 11.3 Å². The lowest BCUT2D eigenvalue weighted by atomic mass is 10.1. The maximum atomic E-state index is 6.08. The fourth-order valence-electron chi connectivity index (χ4n) is 2.01. The summed E-state index contributed by atoms with van der Waals surface area (Å²) in [6, 6.07) is 15.6. The van der Waals surface area contributed by atoms with Gasteiger partial charge in [0.2, 0.25) is 0 Å². The first-order valence-electron chi connectivity index (χ1n) is 6.38. The maximum absolute atomic E-state index is 6.08. The average molecular weight is 335 g/mol. The minimum atomic E-state index is 0.541. The highest BCUT2D eigenvalue weighted by Crippen LogP contribution is 2.34. The molecule has 3 rings (SSSR count). The zero-order valence-corrected chi connectivity index (χ0v) is 13.6. The van der Waals surface area contributed by atoms with Crippen LogP contribution in [0.1, 0.15) is 4.88 Å². The van der Waals surface area contributed by atoms with Crippen LogP contribution in [0.3, 0.4) is 0 Å². The molecule has 21 heavy (non-hydrogen) atoms. The molecule has 0 atom stereocenters. The lowest BCUT2D eigenvalue weighted by Crippen LogP contribution is -1.88. The van der Waals surface area contributed by atoms with Crippen molar-refractivity contribution in [3.05, 3.63) is 63.5 Å². The molecule has 2 nitrogen and oxygen atoms in total. The van der Waals surface area contributed by atoms with Gasteiger partial charge in [0.1, 0.15) is 0 Å². The molecule has 0 saturated carbocycles. The van der Waals surface area contributed by atoms with Crippen LogP contribution in [0.5, 0.6) is 0 Å². The van der Waals surface area contributed by atoms with Crippen molar-refractivity contribution in [3.63, 3.8) is 0 Å². The van der Waals surface area contributed by atoms with Crippen LogP contribution in [0.4, 0.5) is 10.8 Å². The highest BCUT2D eigenvalue weighted by molar-refractivity contribution is 7.16. The van der Waals surface area contributed by atoms with Crippen molar-refractivity contribution in [1.29, 1.82) is 0 Å². The Hall–Kier alpha value is -1.55.